The lowest BCUT2D eigenvalue weighted by Crippen LogP contribution is -2.33. The first-order valence-corrected chi connectivity index (χ1v) is 8.22. The third-order valence-electron chi connectivity index (χ3n) is 3.16. The van der Waals surface area contributed by atoms with Crippen LogP contribution in [-0.2, 0) is 14.6 Å². The summed E-state index contributed by atoms with van der Waals surface area (Å²) in [6.07, 6.45) is 0.613. The maximum Gasteiger partial charge on any atom is 0.257 e. The number of amides is 1. The molecule has 0 saturated carbocycles. The molecule has 0 bridgehead atoms. The molecule has 1 saturated heterocycles. The molecule has 0 aromatic heterocycles. The lowest BCUT2D eigenvalue weighted by atomic mass is 10.1. The lowest BCUT2D eigenvalue weighted by Gasteiger charge is -2.10. The predicted molar refractivity (Wildman–Crippen MR) is 76.1 cm³/mol. The predicted octanol–water partition coefficient (Wildman–Crippen LogP) is 0.199. The van der Waals surface area contributed by atoms with E-state index in [2.05, 4.69) is 5.32 Å². The zero-order valence-corrected chi connectivity index (χ0v) is 11.9. The molecule has 1 aliphatic heterocycles. The summed E-state index contributed by atoms with van der Waals surface area (Å²) in [5, 5.41) is 2.69. The van der Waals surface area contributed by atoms with Gasteiger partial charge in [0.05, 0.1) is 11.5 Å². The monoisotopic (exact) mass is 298 g/mol. The molecule has 0 spiro atoms. The maximum atomic E-state index is 11.6. The van der Waals surface area contributed by atoms with Gasteiger partial charge in [-0.25, -0.2) is 8.42 Å². The maximum absolute atomic E-state index is 11.6. The van der Waals surface area contributed by atoms with Gasteiger partial charge in [0.1, 0.15) is 5.75 Å². The SMILES string of the molecule is Nc1ccc(OCC(=O)NCC2CCS(=O)(=O)C2)cc1. The second kappa shape index (κ2) is 6.13. The van der Waals surface area contributed by atoms with Crippen molar-refractivity contribution < 1.29 is 17.9 Å². The summed E-state index contributed by atoms with van der Waals surface area (Å²) in [4.78, 5) is 11.6. The van der Waals surface area contributed by atoms with Gasteiger partial charge in [-0.3, -0.25) is 4.79 Å². The third-order valence-corrected chi connectivity index (χ3v) is 5.00. The van der Waals surface area contributed by atoms with Crippen LogP contribution in [0.2, 0.25) is 0 Å². The highest BCUT2D eigenvalue weighted by Crippen LogP contribution is 2.17. The van der Waals surface area contributed by atoms with Crippen molar-refractivity contribution >= 4 is 21.4 Å². The van der Waals surface area contributed by atoms with Gasteiger partial charge < -0.3 is 15.8 Å². The highest BCUT2D eigenvalue weighted by Gasteiger charge is 2.27. The summed E-state index contributed by atoms with van der Waals surface area (Å²) in [6.45, 7) is 0.284. The van der Waals surface area contributed by atoms with Crippen molar-refractivity contribution in [1.29, 1.82) is 0 Å². The van der Waals surface area contributed by atoms with E-state index < -0.39 is 9.84 Å². The standard InChI is InChI=1S/C13H18N2O4S/c14-11-1-3-12(4-2-11)19-8-13(16)15-7-10-5-6-20(17,18)9-10/h1-4,10H,5-9,14H2,(H,15,16). The summed E-state index contributed by atoms with van der Waals surface area (Å²) >= 11 is 0. The Hall–Kier alpha value is -1.76. The van der Waals surface area contributed by atoms with Gasteiger partial charge in [-0.05, 0) is 36.6 Å². The molecule has 3 N–H and O–H groups in total. The first kappa shape index (κ1) is 14.6. The van der Waals surface area contributed by atoms with Crippen molar-refractivity contribution in [2.24, 2.45) is 5.92 Å². The van der Waals surface area contributed by atoms with Crippen LogP contribution < -0.4 is 15.8 Å². The molecule has 1 aliphatic rings. The number of carbonyl (C=O) groups is 1. The Morgan fingerprint density at radius 3 is 2.65 bits per heavy atom. The molecular formula is C13H18N2O4S. The lowest BCUT2D eigenvalue weighted by molar-refractivity contribution is -0.123. The van der Waals surface area contributed by atoms with Gasteiger partial charge in [0, 0.05) is 12.2 Å². The number of carbonyl (C=O) groups excluding carboxylic acids is 1. The Morgan fingerprint density at radius 1 is 1.35 bits per heavy atom. The van der Waals surface area contributed by atoms with Gasteiger partial charge in [-0.2, -0.15) is 0 Å². The van der Waals surface area contributed by atoms with Crippen LogP contribution in [0, 0.1) is 5.92 Å². The van der Waals surface area contributed by atoms with E-state index in [1.54, 1.807) is 24.3 Å². The van der Waals surface area contributed by atoms with Crippen LogP contribution in [0.4, 0.5) is 5.69 Å². The van der Waals surface area contributed by atoms with Gasteiger partial charge in [0.15, 0.2) is 16.4 Å². The summed E-state index contributed by atoms with van der Waals surface area (Å²) in [7, 11) is -2.90. The molecule has 1 aromatic carbocycles. The number of hydrogen-bond donors (Lipinski definition) is 2. The molecule has 6 nitrogen and oxygen atoms in total. The molecule has 20 heavy (non-hydrogen) atoms. The number of nitrogens with one attached hydrogen (secondary N) is 1. The highest BCUT2D eigenvalue weighted by molar-refractivity contribution is 7.91. The number of sulfone groups is 1. The van der Waals surface area contributed by atoms with E-state index in [-0.39, 0.29) is 29.9 Å². The van der Waals surface area contributed by atoms with E-state index in [1.165, 1.54) is 0 Å². The minimum atomic E-state index is -2.90. The fourth-order valence-electron chi connectivity index (χ4n) is 2.06. The average molecular weight is 298 g/mol. The number of nitrogen functional groups attached to an aromatic ring is 1. The number of anilines is 1. The van der Waals surface area contributed by atoms with E-state index in [0.717, 1.165) is 0 Å². The first-order valence-electron chi connectivity index (χ1n) is 6.40. The largest absolute Gasteiger partial charge is 0.484 e. The van der Waals surface area contributed by atoms with Gasteiger partial charge >= 0.3 is 0 Å². The molecule has 1 heterocycles. The van der Waals surface area contributed by atoms with Crippen LogP contribution >= 0.6 is 0 Å². The molecule has 2 rings (SSSR count). The molecule has 1 amide bonds. The van der Waals surface area contributed by atoms with Crippen molar-refractivity contribution in [1.82, 2.24) is 5.32 Å². The smallest absolute Gasteiger partial charge is 0.257 e. The summed E-state index contributed by atoms with van der Waals surface area (Å²) in [6, 6.07) is 6.76. The summed E-state index contributed by atoms with van der Waals surface area (Å²) in [5.74, 6) is 0.700. The minimum Gasteiger partial charge on any atom is -0.484 e. The molecule has 110 valence electrons. The average Bonchev–Trinajstić information content (AvgIpc) is 2.75. The Morgan fingerprint density at radius 2 is 2.05 bits per heavy atom. The van der Waals surface area contributed by atoms with E-state index in [4.69, 9.17) is 10.5 Å². The number of nitrogens with two attached hydrogens (primary N) is 1. The van der Waals surface area contributed by atoms with Crippen LogP contribution in [0.1, 0.15) is 6.42 Å². The third kappa shape index (κ3) is 4.41. The number of benzene rings is 1. The van der Waals surface area contributed by atoms with Crippen LogP contribution in [-0.4, -0.2) is 39.0 Å². The van der Waals surface area contributed by atoms with Crippen LogP contribution in [0.25, 0.3) is 0 Å². The fourth-order valence-corrected chi connectivity index (χ4v) is 3.92. The van der Waals surface area contributed by atoms with E-state index in [1.807, 2.05) is 0 Å². The second-order valence-electron chi connectivity index (χ2n) is 4.93. The second-order valence-corrected chi connectivity index (χ2v) is 7.16. The van der Waals surface area contributed by atoms with E-state index in [9.17, 15) is 13.2 Å². The van der Waals surface area contributed by atoms with Crippen molar-refractivity contribution in [3.63, 3.8) is 0 Å². The number of hydrogen-bond acceptors (Lipinski definition) is 5. The molecule has 1 unspecified atom stereocenters. The van der Waals surface area contributed by atoms with Crippen molar-refractivity contribution in [3.05, 3.63) is 24.3 Å². The Bertz CT molecular complexity index is 569. The van der Waals surface area contributed by atoms with Crippen LogP contribution in [0.15, 0.2) is 24.3 Å². The van der Waals surface area contributed by atoms with E-state index >= 15 is 0 Å². The highest BCUT2D eigenvalue weighted by atomic mass is 32.2. The molecule has 1 fully saturated rings. The fraction of sp³-hybridized carbons (Fsp3) is 0.462. The topological polar surface area (TPSA) is 98.5 Å². The molecule has 0 aliphatic carbocycles. The van der Waals surface area contributed by atoms with Gasteiger partial charge in [0.25, 0.3) is 5.91 Å². The van der Waals surface area contributed by atoms with E-state index in [0.29, 0.717) is 24.4 Å². The Kier molecular flexibility index (Phi) is 4.49. The zero-order valence-electron chi connectivity index (χ0n) is 11.0. The van der Waals surface area contributed by atoms with Crippen molar-refractivity contribution in [3.8, 4) is 5.75 Å². The molecule has 1 atom stereocenters. The molecule has 1 aromatic rings. The first-order chi connectivity index (χ1) is 9.44. The van der Waals surface area contributed by atoms with Crippen LogP contribution in [0.5, 0.6) is 5.75 Å². The van der Waals surface area contributed by atoms with Gasteiger partial charge in [-0.1, -0.05) is 0 Å². The Labute approximate surface area is 118 Å². The van der Waals surface area contributed by atoms with Gasteiger partial charge in [0.2, 0.25) is 0 Å². The normalized spacial score (nSPS) is 20.5. The van der Waals surface area contributed by atoms with Crippen LogP contribution in [0.3, 0.4) is 0 Å². The number of ether oxygens (including phenoxy) is 1. The Balaban J connectivity index is 1.69. The summed E-state index contributed by atoms with van der Waals surface area (Å²) < 4.78 is 27.8. The van der Waals surface area contributed by atoms with Gasteiger partial charge in [-0.15, -0.1) is 0 Å². The van der Waals surface area contributed by atoms with Crippen molar-refractivity contribution in [2.45, 2.75) is 6.42 Å². The number of rotatable bonds is 5. The molecule has 0 radical (unpaired) electrons. The van der Waals surface area contributed by atoms with Crippen molar-refractivity contribution in [2.75, 3.05) is 30.4 Å². The zero-order chi connectivity index (χ0) is 14.6. The quantitative estimate of drug-likeness (QED) is 0.757. The molecule has 7 heteroatoms. The molecular weight excluding hydrogens is 280 g/mol. The minimum absolute atomic E-state index is 0.0143. The summed E-state index contributed by atoms with van der Waals surface area (Å²) in [5.41, 5.74) is 6.17.